The molecule has 1 aromatic rings. The first-order valence-electron chi connectivity index (χ1n) is 5.01. The molecule has 0 spiro atoms. The molecule has 2 rings (SSSR count). The van der Waals surface area contributed by atoms with Crippen molar-refractivity contribution in [2.24, 2.45) is 0 Å². The standard InChI is InChI=1S/C11H16N2O/c1-12-7-11(14)9-3-2-4-10-8(9)5-6-13-10/h2-4,11-14H,5-7H2,1H3. The molecule has 76 valence electrons. The predicted molar refractivity (Wildman–Crippen MR) is 57.5 cm³/mol. The topological polar surface area (TPSA) is 44.3 Å². The molecule has 0 saturated carbocycles. The van der Waals surface area contributed by atoms with Gasteiger partial charge in [0.05, 0.1) is 6.10 Å². The molecule has 1 heterocycles. The second-order valence-electron chi connectivity index (χ2n) is 3.62. The summed E-state index contributed by atoms with van der Waals surface area (Å²) < 4.78 is 0. The van der Waals surface area contributed by atoms with Gasteiger partial charge >= 0.3 is 0 Å². The Hall–Kier alpha value is -1.06. The Bertz CT molecular complexity index is 325. The number of benzene rings is 1. The van der Waals surface area contributed by atoms with Crippen LogP contribution in [0.15, 0.2) is 18.2 Å². The maximum absolute atomic E-state index is 9.89. The Kier molecular flexibility index (Phi) is 2.70. The van der Waals surface area contributed by atoms with Gasteiger partial charge in [0.2, 0.25) is 0 Å². The van der Waals surface area contributed by atoms with Crippen LogP contribution in [-0.4, -0.2) is 25.2 Å². The smallest absolute Gasteiger partial charge is 0.0917 e. The Balaban J connectivity index is 2.29. The third kappa shape index (κ3) is 1.61. The Morgan fingerprint density at radius 3 is 3.21 bits per heavy atom. The summed E-state index contributed by atoms with van der Waals surface area (Å²) in [6.07, 6.45) is 0.626. The summed E-state index contributed by atoms with van der Waals surface area (Å²) in [6.45, 7) is 1.59. The molecule has 1 atom stereocenters. The van der Waals surface area contributed by atoms with Gasteiger partial charge in [0, 0.05) is 18.8 Å². The van der Waals surface area contributed by atoms with E-state index in [0.29, 0.717) is 6.54 Å². The minimum Gasteiger partial charge on any atom is -0.387 e. The summed E-state index contributed by atoms with van der Waals surface area (Å²) in [6, 6.07) is 6.07. The minimum absolute atomic E-state index is 0.394. The van der Waals surface area contributed by atoms with Gasteiger partial charge in [0.1, 0.15) is 0 Å². The zero-order valence-electron chi connectivity index (χ0n) is 8.38. The molecule has 0 aromatic heterocycles. The molecule has 1 aliphatic heterocycles. The number of rotatable bonds is 3. The molecule has 0 bridgehead atoms. The van der Waals surface area contributed by atoms with Crippen molar-refractivity contribution in [3.63, 3.8) is 0 Å². The molecular formula is C11H16N2O. The second kappa shape index (κ2) is 3.98. The zero-order valence-corrected chi connectivity index (χ0v) is 8.38. The lowest BCUT2D eigenvalue weighted by Crippen LogP contribution is -2.17. The summed E-state index contributed by atoms with van der Waals surface area (Å²) in [7, 11) is 1.85. The third-order valence-corrected chi connectivity index (χ3v) is 2.66. The van der Waals surface area contributed by atoms with Crippen LogP contribution in [0.25, 0.3) is 0 Å². The van der Waals surface area contributed by atoms with Crippen molar-refractivity contribution in [2.75, 3.05) is 25.5 Å². The number of likely N-dealkylation sites (N-methyl/N-ethyl adjacent to an activating group) is 1. The lowest BCUT2D eigenvalue weighted by Gasteiger charge is -2.14. The quantitative estimate of drug-likeness (QED) is 0.667. The van der Waals surface area contributed by atoms with Crippen LogP contribution in [0.1, 0.15) is 17.2 Å². The van der Waals surface area contributed by atoms with Gasteiger partial charge in [-0.15, -0.1) is 0 Å². The van der Waals surface area contributed by atoms with Crippen LogP contribution in [0.5, 0.6) is 0 Å². The van der Waals surface area contributed by atoms with E-state index in [2.05, 4.69) is 16.7 Å². The maximum atomic E-state index is 9.89. The first-order chi connectivity index (χ1) is 6.83. The van der Waals surface area contributed by atoms with E-state index in [9.17, 15) is 5.11 Å². The van der Waals surface area contributed by atoms with Gasteiger partial charge in [-0.25, -0.2) is 0 Å². The van der Waals surface area contributed by atoms with Crippen LogP contribution in [0.3, 0.4) is 0 Å². The summed E-state index contributed by atoms with van der Waals surface area (Å²) >= 11 is 0. The molecule has 0 aliphatic carbocycles. The second-order valence-corrected chi connectivity index (χ2v) is 3.62. The van der Waals surface area contributed by atoms with Gasteiger partial charge in [-0.05, 0) is 30.7 Å². The number of fused-ring (bicyclic) bond motifs is 1. The molecule has 0 saturated heterocycles. The molecule has 3 nitrogen and oxygen atoms in total. The van der Waals surface area contributed by atoms with E-state index < -0.39 is 6.10 Å². The summed E-state index contributed by atoms with van der Waals surface area (Å²) in [5.41, 5.74) is 3.51. The van der Waals surface area contributed by atoms with Gasteiger partial charge in [-0.1, -0.05) is 12.1 Å². The van der Waals surface area contributed by atoms with Gasteiger partial charge in [-0.2, -0.15) is 0 Å². The monoisotopic (exact) mass is 192 g/mol. The van der Waals surface area contributed by atoms with E-state index in [-0.39, 0.29) is 0 Å². The summed E-state index contributed by atoms with van der Waals surface area (Å²) in [5.74, 6) is 0. The highest BCUT2D eigenvalue weighted by Gasteiger charge is 2.17. The van der Waals surface area contributed by atoms with Crippen molar-refractivity contribution in [2.45, 2.75) is 12.5 Å². The first-order valence-corrected chi connectivity index (χ1v) is 5.01. The minimum atomic E-state index is -0.394. The molecule has 1 aliphatic rings. The first kappa shape index (κ1) is 9.49. The van der Waals surface area contributed by atoms with Gasteiger partial charge in [-0.3, -0.25) is 0 Å². The SMILES string of the molecule is CNCC(O)c1cccc2c1CCN2. The van der Waals surface area contributed by atoms with E-state index in [1.54, 1.807) is 0 Å². The fourth-order valence-corrected chi connectivity index (χ4v) is 1.99. The van der Waals surface area contributed by atoms with Crippen LogP contribution >= 0.6 is 0 Å². The van der Waals surface area contributed by atoms with Gasteiger partial charge in [0.15, 0.2) is 0 Å². The molecule has 0 amide bonds. The Labute approximate surface area is 84.1 Å². The van der Waals surface area contributed by atoms with Crippen molar-refractivity contribution in [3.05, 3.63) is 29.3 Å². The normalized spacial score (nSPS) is 16.1. The van der Waals surface area contributed by atoms with Crippen molar-refractivity contribution in [1.82, 2.24) is 5.32 Å². The zero-order chi connectivity index (χ0) is 9.97. The molecule has 1 aromatic carbocycles. The van der Waals surface area contributed by atoms with E-state index in [1.807, 2.05) is 19.2 Å². The highest BCUT2D eigenvalue weighted by Crippen LogP contribution is 2.29. The van der Waals surface area contributed by atoms with Crippen molar-refractivity contribution < 1.29 is 5.11 Å². The lowest BCUT2D eigenvalue weighted by molar-refractivity contribution is 0.177. The van der Waals surface area contributed by atoms with Crippen LogP contribution in [0.2, 0.25) is 0 Å². The molecule has 3 N–H and O–H groups in total. The van der Waals surface area contributed by atoms with Gasteiger partial charge < -0.3 is 15.7 Å². The molecule has 3 heteroatoms. The largest absolute Gasteiger partial charge is 0.387 e. The van der Waals surface area contributed by atoms with Crippen LogP contribution in [0, 0.1) is 0 Å². The fraction of sp³-hybridized carbons (Fsp3) is 0.455. The molecule has 1 unspecified atom stereocenters. The van der Waals surface area contributed by atoms with Crippen molar-refractivity contribution in [1.29, 1.82) is 0 Å². The van der Waals surface area contributed by atoms with Crippen LogP contribution in [-0.2, 0) is 6.42 Å². The number of aliphatic hydroxyl groups is 1. The lowest BCUT2D eigenvalue weighted by atomic mass is 10.0. The number of anilines is 1. The van der Waals surface area contributed by atoms with Crippen molar-refractivity contribution in [3.8, 4) is 0 Å². The van der Waals surface area contributed by atoms with Crippen LogP contribution in [0.4, 0.5) is 5.69 Å². The van der Waals surface area contributed by atoms with Crippen molar-refractivity contribution >= 4 is 5.69 Å². The molecular weight excluding hydrogens is 176 g/mol. The Morgan fingerprint density at radius 1 is 1.57 bits per heavy atom. The number of aliphatic hydroxyl groups excluding tert-OH is 1. The number of hydrogen-bond donors (Lipinski definition) is 3. The fourth-order valence-electron chi connectivity index (χ4n) is 1.99. The average Bonchev–Trinajstić information content (AvgIpc) is 2.65. The van der Waals surface area contributed by atoms with E-state index >= 15 is 0 Å². The summed E-state index contributed by atoms with van der Waals surface area (Å²) in [5, 5.41) is 16.2. The van der Waals surface area contributed by atoms with E-state index in [4.69, 9.17) is 0 Å². The van der Waals surface area contributed by atoms with Gasteiger partial charge in [0.25, 0.3) is 0 Å². The summed E-state index contributed by atoms with van der Waals surface area (Å²) in [4.78, 5) is 0. The molecule has 0 radical (unpaired) electrons. The molecule has 0 fully saturated rings. The van der Waals surface area contributed by atoms with E-state index in [0.717, 1.165) is 18.5 Å². The number of nitrogens with one attached hydrogen (secondary N) is 2. The van der Waals surface area contributed by atoms with Crippen LogP contribution < -0.4 is 10.6 Å². The number of hydrogen-bond acceptors (Lipinski definition) is 3. The average molecular weight is 192 g/mol. The highest BCUT2D eigenvalue weighted by molar-refractivity contribution is 5.59. The molecule has 14 heavy (non-hydrogen) atoms. The Morgan fingerprint density at radius 2 is 2.43 bits per heavy atom. The van der Waals surface area contributed by atoms with E-state index in [1.165, 1.54) is 11.3 Å². The third-order valence-electron chi connectivity index (χ3n) is 2.66. The highest BCUT2D eigenvalue weighted by atomic mass is 16.3. The maximum Gasteiger partial charge on any atom is 0.0917 e. The predicted octanol–water partition coefficient (Wildman–Crippen LogP) is 0.907.